The maximum atomic E-state index is 12.5. The van der Waals surface area contributed by atoms with Crippen LogP contribution in [-0.4, -0.2) is 68.7 Å². The number of carbonyl (C=O) groups excluding carboxylic acids is 1. The van der Waals surface area contributed by atoms with E-state index in [2.05, 4.69) is 20.4 Å². The minimum atomic E-state index is 0.0442. The summed E-state index contributed by atoms with van der Waals surface area (Å²) in [6, 6.07) is 17.6. The molecule has 0 N–H and O–H groups in total. The Morgan fingerprint density at radius 1 is 1.03 bits per heavy atom. The molecule has 31 heavy (non-hydrogen) atoms. The third kappa shape index (κ3) is 5.35. The van der Waals surface area contributed by atoms with Gasteiger partial charge in [0.1, 0.15) is 5.75 Å². The third-order valence-corrected chi connectivity index (χ3v) is 5.19. The lowest BCUT2D eigenvalue weighted by Crippen LogP contribution is -2.48. The number of rotatable bonds is 7. The summed E-state index contributed by atoms with van der Waals surface area (Å²) in [6.07, 6.45) is 3.51. The van der Waals surface area contributed by atoms with Crippen molar-refractivity contribution in [2.45, 2.75) is 13.5 Å². The van der Waals surface area contributed by atoms with Crippen LogP contribution in [0.3, 0.4) is 0 Å². The van der Waals surface area contributed by atoms with Gasteiger partial charge in [0.25, 0.3) is 0 Å². The summed E-state index contributed by atoms with van der Waals surface area (Å²) in [5.74, 6) is 1.64. The quantitative estimate of drug-likeness (QED) is 0.549. The molecule has 0 bridgehead atoms. The molecule has 160 valence electrons. The monoisotopic (exact) mass is 418 g/mol. The molecule has 0 radical (unpaired) electrons. The van der Waals surface area contributed by atoms with Gasteiger partial charge in [-0.2, -0.15) is 4.68 Å². The predicted molar refractivity (Wildman–Crippen MR) is 118 cm³/mol. The van der Waals surface area contributed by atoms with E-state index in [1.54, 1.807) is 10.8 Å². The van der Waals surface area contributed by atoms with Crippen molar-refractivity contribution in [1.82, 2.24) is 30.0 Å². The van der Waals surface area contributed by atoms with Crippen LogP contribution in [0.15, 0.2) is 60.7 Å². The Balaban J connectivity index is 1.32. The van der Waals surface area contributed by atoms with Crippen molar-refractivity contribution in [1.29, 1.82) is 0 Å². The number of ether oxygens (including phenoxy) is 1. The zero-order valence-corrected chi connectivity index (χ0v) is 17.6. The topological polar surface area (TPSA) is 76.4 Å². The fraction of sp³-hybridized carbons (Fsp3) is 0.304. The number of carbonyl (C=O) groups is 1. The minimum Gasteiger partial charge on any atom is -0.494 e. The van der Waals surface area contributed by atoms with E-state index in [0.717, 1.165) is 35.9 Å². The van der Waals surface area contributed by atoms with E-state index < -0.39 is 0 Å². The van der Waals surface area contributed by atoms with Crippen LogP contribution in [0.4, 0.5) is 0 Å². The molecule has 0 unspecified atom stereocenters. The first-order valence-electron chi connectivity index (χ1n) is 10.5. The van der Waals surface area contributed by atoms with Crippen LogP contribution in [0, 0.1) is 0 Å². The van der Waals surface area contributed by atoms with Crippen LogP contribution in [0.5, 0.6) is 5.75 Å². The maximum Gasteiger partial charge on any atom is 0.246 e. The molecule has 0 atom stereocenters. The van der Waals surface area contributed by atoms with Crippen molar-refractivity contribution in [3.05, 3.63) is 72.1 Å². The van der Waals surface area contributed by atoms with Gasteiger partial charge in [-0.3, -0.25) is 9.69 Å². The molecule has 4 rings (SSSR count). The van der Waals surface area contributed by atoms with Crippen LogP contribution in [0.1, 0.15) is 18.3 Å². The molecule has 2 heterocycles. The number of amides is 1. The standard InChI is InChI=1S/C23H26N6O2/c1-2-31-21-11-9-20(10-12-21)29-22(24-25-26-29)18-27-14-16-28(17-15-27)23(30)13-8-19-6-4-3-5-7-19/h3-13H,2,14-18H2,1H3/b13-8-. The summed E-state index contributed by atoms with van der Waals surface area (Å²) >= 11 is 0. The van der Waals surface area contributed by atoms with Gasteiger partial charge in [0, 0.05) is 32.3 Å². The van der Waals surface area contributed by atoms with E-state index in [1.165, 1.54) is 0 Å². The van der Waals surface area contributed by atoms with Crippen LogP contribution in [-0.2, 0) is 11.3 Å². The summed E-state index contributed by atoms with van der Waals surface area (Å²) in [5, 5.41) is 12.2. The van der Waals surface area contributed by atoms with Gasteiger partial charge in [0.2, 0.25) is 5.91 Å². The fourth-order valence-corrected chi connectivity index (χ4v) is 3.52. The van der Waals surface area contributed by atoms with Gasteiger partial charge < -0.3 is 9.64 Å². The Bertz CT molecular complexity index is 1010. The molecular formula is C23H26N6O2. The molecule has 8 nitrogen and oxygen atoms in total. The molecule has 1 aliphatic heterocycles. The predicted octanol–water partition coefficient (Wildman–Crippen LogP) is 2.42. The zero-order valence-electron chi connectivity index (χ0n) is 17.6. The van der Waals surface area contributed by atoms with Crippen LogP contribution in [0.2, 0.25) is 0 Å². The largest absolute Gasteiger partial charge is 0.494 e. The average Bonchev–Trinajstić information content (AvgIpc) is 3.27. The third-order valence-electron chi connectivity index (χ3n) is 5.19. The van der Waals surface area contributed by atoms with Crippen LogP contribution < -0.4 is 4.74 Å². The van der Waals surface area contributed by atoms with Gasteiger partial charge in [-0.25, -0.2) is 0 Å². The number of nitrogens with zero attached hydrogens (tertiary/aromatic N) is 6. The highest BCUT2D eigenvalue weighted by Gasteiger charge is 2.21. The molecule has 0 saturated carbocycles. The smallest absolute Gasteiger partial charge is 0.246 e. The lowest BCUT2D eigenvalue weighted by Gasteiger charge is -2.33. The van der Waals surface area contributed by atoms with Gasteiger partial charge in [0.05, 0.1) is 18.8 Å². The van der Waals surface area contributed by atoms with Gasteiger partial charge in [0.15, 0.2) is 5.82 Å². The Morgan fingerprint density at radius 2 is 1.77 bits per heavy atom. The zero-order chi connectivity index (χ0) is 21.5. The van der Waals surface area contributed by atoms with Crippen molar-refractivity contribution in [3.8, 4) is 11.4 Å². The molecule has 2 aromatic carbocycles. The molecule has 0 aliphatic carbocycles. The van der Waals surface area contributed by atoms with Crippen molar-refractivity contribution in [2.75, 3.05) is 32.8 Å². The van der Waals surface area contributed by atoms with E-state index >= 15 is 0 Å². The first kappa shape index (κ1) is 20.7. The van der Waals surface area contributed by atoms with E-state index in [9.17, 15) is 4.79 Å². The Morgan fingerprint density at radius 3 is 2.48 bits per heavy atom. The highest BCUT2D eigenvalue weighted by Crippen LogP contribution is 2.16. The van der Waals surface area contributed by atoms with Gasteiger partial charge in [-0.05, 0) is 53.3 Å². The molecule has 1 amide bonds. The molecule has 0 spiro atoms. The van der Waals surface area contributed by atoms with Crippen molar-refractivity contribution >= 4 is 12.0 Å². The second-order valence-electron chi connectivity index (χ2n) is 7.28. The molecular weight excluding hydrogens is 392 g/mol. The van der Waals surface area contributed by atoms with Crippen LogP contribution >= 0.6 is 0 Å². The lowest BCUT2D eigenvalue weighted by atomic mass is 10.2. The number of aromatic nitrogens is 4. The number of tetrazole rings is 1. The second kappa shape index (κ2) is 9.99. The normalized spacial score (nSPS) is 14.8. The Labute approximate surface area is 181 Å². The van der Waals surface area contributed by atoms with Crippen molar-refractivity contribution in [3.63, 3.8) is 0 Å². The molecule has 8 heteroatoms. The van der Waals surface area contributed by atoms with Crippen molar-refractivity contribution in [2.24, 2.45) is 0 Å². The summed E-state index contributed by atoms with van der Waals surface area (Å²) in [4.78, 5) is 16.6. The Hall–Kier alpha value is -3.52. The number of hydrogen-bond acceptors (Lipinski definition) is 6. The van der Waals surface area contributed by atoms with E-state index in [-0.39, 0.29) is 5.91 Å². The molecule has 1 aliphatic rings. The molecule has 1 saturated heterocycles. The van der Waals surface area contributed by atoms with E-state index in [1.807, 2.05) is 72.5 Å². The van der Waals surface area contributed by atoms with Gasteiger partial charge >= 0.3 is 0 Å². The summed E-state index contributed by atoms with van der Waals surface area (Å²) in [5.41, 5.74) is 1.92. The molecule has 3 aromatic rings. The highest BCUT2D eigenvalue weighted by molar-refractivity contribution is 5.91. The SMILES string of the molecule is CCOc1ccc(-n2nnnc2CN2CCN(C(=O)/C=C\c3ccccc3)CC2)cc1. The summed E-state index contributed by atoms with van der Waals surface area (Å²) in [7, 11) is 0. The Kier molecular flexibility index (Phi) is 6.68. The fourth-order valence-electron chi connectivity index (χ4n) is 3.52. The van der Waals surface area contributed by atoms with Crippen LogP contribution in [0.25, 0.3) is 11.8 Å². The van der Waals surface area contributed by atoms with Gasteiger partial charge in [-0.1, -0.05) is 30.3 Å². The number of hydrogen-bond donors (Lipinski definition) is 0. The maximum absolute atomic E-state index is 12.5. The summed E-state index contributed by atoms with van der Waals surface area (Å²) in [6.45, 7) is 6.14. The lowest BCUT2D eigenvalue weighted by molar-refractivity contribution is -0.127. The average molecular weight is 419 g/mol. The molecule has 1 fully saturated rings. The van der Waals surface area contributed by atoms with Gasteiger partial charge in [-0.15, -0.1) is 5.10 Å². The first-order chi connectivity index (χ1) is 15.2. The van der Waals surface area contributed by atoms with E-state index in [0.29, 0.717) is 26.2 Å². The summed E-state index contributed by atoms with van der Waals surface area (Å²) < 4.78 is 7.24. The second-order valence-corrected chi connectivity index (χ2v) is 7.28. The minimum absolute atomic E-state index is 0.0442. The highest BCUT2D eigenvalue weighted by atomic mass is 16.5. The number of piperazine rings is 1. The van der Waals surface area contributed by atoms with Crippen molar-refractivity contribution < 1.29 is 9.53 Å². The first-order valence-corrected chi connectivity index (χ1v) is 10.5. The van der Waals surface area contributed by atoms with E-state index in [4.69, 9.17) is 4.74 Å². The molecule has 1 aromatic heterocycles. The number of benzene rings is 2.